The van der Waals surface area contributed by atoms with E-state index in [2.05, 4.69) is 71.3 Å². The van der Waals surface area contributed by atoms with Crippen LogP contribution in [0.5, 0.6) is 0 Å². The minimum Gasteiger partial charge on any atom is -0.314 e. The molecule has 1 aromatic rings. The van der Waals surface area contributed by atoms with Crippen LogP contribution in [0.3, 0.4) is 0 Å². The second-order valence-corrected chi connectivity index (χ2v) is 7.96. The predicted octanol–water partition coefficient (Wildman–Crippen LogP) is 4.44. The van der Waals surface area contributed by atoms with Gasteiger partial charge in [-0.1, -0.05) is 54.8 Å². The van der Waals surface area contributed by atoms with E-state index in [1.807, 2.05) is 0 Å². The number of halogens is 1. The Morgan fingerprint density at radius 1 is 1.19 bits per heavy atom. The molecule has 0 aromatic heterocycles. The summed E-state index contributed by atoms with van der Waals surface area (Å²) in [5.41, 5.74) is 1.87. The molecule has 3 heteroatoms. The summed E-state index contributed by atoms with van der Waals surface area (Å²) in [6.45, 7) is 7.89. The van der Waals surface area contributed by atoms with E-state index < -0.39 is 0 Å². The highest BCUT2D eigenvalue weighted by Crippen LogP contribution is 2.38. The molecule has 21 heavy (non-hydrogen) atoms. The molecule has 0 bridgehead atoms. The monoisotopic (exact) mass is 352 g/mol. The Bertz CT molecular complexity index is 421. The second kappa shape index (κ2) is 7.75. The van der Waals surface area contributed by atoms with Crippen molar-refractivity contribution in [3.8, 4) is 0 Å². The summed E-state index contributed by atoms with van der Waals surface area (Å²) < 4.78 is 1.15. The molecule has 0 unspecified atom stereocenters. The first-order valence-electron chi connectivity index (χ1n) is 8.15. The molecule has 1 N–H and O–H groups in total. The Morgan fingerprint density at radius 2 is 1.81 bits per heavy atom. The maximum Gasteiger partial charge on any atom is 0.0230 e. The zero-order chi connectivity index (χ0) is 15.3. The zero-order valence-electron chi connectivity index (χ0n) is 13.7. The van der Waals surface area contributed by atoms with Gasteiger partial charge < -0.3 is 10.2 Å². The Hall–Kier alpha value is -0.380. The smallest absolute Gasteiger partial charge is 0.0230 e. The van der Waals surface area contributed by atoms with Crippen LogP contribution in [0, 0.1) is 5.41 Å². The van der Waals surface area contributed by atoms with Crippen LogP contribution in [0.4, 0.5) is 0 Å². The minimum absolute atomic E-state index is 0.481. The van der Waals surface area contributed by atoms with Crippen molar-refractivity contribution in [2.24, 2.45) is 5.41 Å². The number of hydrogen-bond donors (Lipinski definition) is 1. The first-order chi connectivity index (χ1) is 9.99. The van der Waals surface area contributed by atoms with Gasteiger partial charge in [0.25, 0.3) is 0 Å². The SMILES string of the molecule is CC(C)NCC1(CN(C)Cc2ccc(Br)cc2)CCCC1. The van der Waals surface area contributed by atoms with Crippen LogP contribution in [-0.4, -0.2) is 31.1 Å². The number of hydrogen-bond acceptors (Lipinski definition) is 2. The molecule has 0 spiro atoms. The Balaban J connectivity index is 1.91. The molecule has 0 radical (unpaired) electrons. The standard InChI is InChI=1S/C18H29BrN2/c1-15(2)20-13-18(10-4-5-11-18)14-21(3)12-16-6-8-17(19)9-7-16/h6-9,15,20H,4-5,10-14H2,1-3H3. The minimum atomic E-state index is 0.481. The van der Waals surface area contributed by atoms with Crippen molar-refractivity contribution < 1.29 is 0 Å². The molecule has 0 saturated heterocycles. The van der Waals surface area contributed by atoms with Crippen molar-refractivity contribution in [3.63, 3.8) is 0 Å². The van der Waals surface area contributed by atoms with Gasteiger partial charge in [0.15, 0.2) is 0 Å². The number of nitrogens with zero attached hydrogens (tertiary/aromatic N) is 1. The number of nitrogens with one attached hydrogen (secondary N) is 1. The van der Waals surface area contributed by atoms with Gasteiger partial charge in [0, 0.05) is 30.1 Å². The first kappa shape index (κ1) is 17.0. The molecule has 0 atom stereocenters. The van der Waals surface area contributed by atoms with Crippen molar-refractivity contribution in [3.05, 3.63) is 34.3 Å². The highest BCUT2D eigenvalue weighted by molar-refractivity contribution is 9.10. The maximum absolute atomic E-state index is 3.67. The molecule has 0 aliphatic heterocycles. The molecule has 1 aliphatic rings. The molecule has 1 saturated carbocycles. The highest BCUT2D eigenvalue weighted by Gasteiger charge is 2.34. The lowest BCUT2D eigenvalue weighted by molar-refractivity contribution is 0.164. The Kier molecular flexibility index (Phi) is 6.27. The van der Waals surface area contributed by atoms with Crippen LogP contribution in [0.25, 0.3) is 0 Å². The van der Waals surface area contributed by atoms with E-state index in [0.717, 1.165) is 17.6 Å². The highest BCUT2D eigenvalue weighted by atomic mass is 79.9. The number of rotatable bonds is 7. The van der Waals surface area contributed by atoms with Crippen molar-refractivity contribution in [2.75, 3.05) is 20.1 Å². The van der Waals surface area contributed by atoms with E-state index >= 15 is 0 Å². The van der Waals surface area contributed by atoms with Gasteiger partial charge in [-0.05, 0) is 43.0 Å². The molecule has 118 valence electrons. The maximum atomic E-state index is 3.67. The van der Waals surface area contributed by atoms with Crippen LogP contribution < -0.4 is 5.32 Å². The second-order valence-electron chi connectivity index (χ2n) is 7.04. The van der Waals surface area contributed by atoms with Gasteiger partial charge in [0.2, 0.25) is 0 Å². The van der Waals surface area contributed by atoms with E-state index in [1.54, 1.807) is 0 Å². The molecule has 0 heterocycles. The number of benzene rings is 1. The molecular weight excluding hydrogens is 324 g/mol. The predicted molar refractivity (Wildman–Crippen MR) is 94.5 cm³/mol. The molecule has 1 aliphatic carbocycles. The van der Waals surface area contributed by atoms with Crippen LogP contribution in [0.15, 0.2) is 28.7 Å². The van der Waals surface area contributed by atoms with Gasteiger partial charge in [-0.15, -0.1) is 0 Å². The van der Waals surface area contributed by atoms with Gasteiger partial charge in [0.1, 0.15) is 0 Å². The van der Waals surface area contributed by atoms with Gasteiger partial charge >= 0.3 is 0 Å². The zero-order valence-corrected chi connectivity index (χ0v) is 15.2. The third kappa shape index (κ3) is 5.39. The molecular formula is C18H29BrN2. The molecule has 1 fully saturated rings. The molecule has 2 rings (SSSR count). The van der Waals surface area contributed by atoms with Crippen molar-refractivity contribution in [2.45, 2.75) is 52.1 Å². The van der Waals surface area contributed by atoms with E-state index in [1.165, 1.54) is 37.8 Å². The molecule has 2 nitrogen and oxygen atoms in total. The summed E-state index contributed by atoms with van der Waals surface area (Å²) in [6.07, 6.45) is 5.53. The summed E-state index contributed by atoms with van der Waals surface area (Å²) in [5, 5.41) is 3.67. The first-order valence-corrected chi connectivity index (χ1v) is 8.95. The van der Waals surface area contributed by atoms with Crippen LogP contribution >= 0.6 is 15.9 Å². The van der Waals surface area contributed by atoms with Crippen molar-refractivity contribution >= 4 is 15.9 Å². The van der Waals surface area contributed by atoms with Crippen LogP contribution in [0.2, 0.25) is 0 Å². The lowest BCUT2D eigenvalue weighted by Crippen LogP contribution is -2.43. The van der Waals surface area contributed by atoms with E-state index in [-0.39, 0.29) is 0 Å². The third-order valence-corrected chi connectivity index (χ3v) is 5.05. The normalized spacial score (nSPS) is 17.8. The summed E-state index contributed by atoms with van der Waals surface area (Å²) >= 11 is 3.50. The molecule has 0 amide bonds. The average Bonchev–Trinajstić information content (AvgIpc) is 2.88. The Labute approximate surface area is 138 Å². The quantitative estimate of drug-likeness (QED) is 0.780. The van der Waals surface area contributed by atoms with Crippen molar-refractivity contribution in [1.29, 1.82) is 0 Å². The van der Waals surface area contributed by atoms with E-state index in [9.17, 15) is 0 Å². The summed E-state index contributed by atoms with van der Waals surface area (Å²) in [4.78, 5) is 2.50. The topological polar surface area (TPSA) is 15.3 Å². The lowest BCUT2D eigenvalue weighted by atomic mass is 9.85. The Morgan fingerprint density at radius 3 is 2.38 bits per heavy atom. The fourth-order valence-electron chi connectivity index (χ4n) is 3.47. The van der Waals surface area contributed by atoms with Gasteiger partial charge in [-0.25, -0.2) is 0 Å². The largest absolute Gasteiger partial charge is 0.314 e. The average molecular weight is 353 g/mol. The van der Waals surface area contributed by atoms with Crippen molar-refractivity contribution in [1.82, 2.24) is 10.2 Å². The van der Waals surface area contributed by atoms with Crippen LogP contribution in [-0.2, 0) is 6.54 Å². The van der Waals surface area contributed by atoms with Gasteiger partial charge in [0.05, 0.1) is 0 Å². The summed E-state index contributed by atoms with van der Waals surface area (Å²) in [7, 11) is 2.26. The lowest BCUT2D eigenvalue weighted by Gasteiger charge is -2.34. The van der Waals surface area contributed by atoms with Gasteiger partial charge in [-0.3, -0.25) is 0 Å². The summed E-state index contributed by atoms with van der Waals surface area (Å²) in [6, 6.07) is 9.28. The third-order valence-electron chi connectivity index (χ3n) is 4.52. The van der Waals surface area contributed by atoms with E-state index in [0.29, 0.717) is 11.5 Å². The van der Waals surface area contributed by atoms with Gasteiger partial charge in [-0.2, -0.15) is 0 Å². The fraction of sp³-hybridized carbons (Fsp3) is 0.667. The summed E-state index contributed by atoms with van der Waals surface area (Å²) in [5.74, 6) is 0. The van der Waals surface area contributed by atoms with Crippen LogP contribution in [0.1, 0.15) is 45.1 Å². The fourth-order valence-corrected chi connectivity index (χ4v) is 3.73. The molecule has 1 aromatic carbocycles. The van der Waals surface area contributed by atoms with E-state index in [4.69, 9.17) is 0 Å².